The fourth-order valence-electron chi connectivity index (χ4n) is 3.49. The fraction of sp³-hybridized carbons (Fsp3) is 0.125. The van der Waals surface area contributed by atoms with E-state index in [-0.39, 0.29) is 12.5 Å². The van der Waals surface area contributed by atoms with Gasteiger partial charge in [-0.25, -0.2) is 0 Å². The Bertz CT molecular complexity index is 1100. The second-order valence-electron chi connectivity index (χ2n) is 6.68. The van der Waals surface area contributed by atoms with E-state index in [0.717, 1.165) is 33.4 Å². The van der Waals surface area contributed by atoms with Crippen LogP contribution in [0.25, 0.3) is 22.2 Å². The van der Waals surface area contributed by atoms with E-state index in [4.69, 9.17) is 4.74 Å². The number of ether oxygens (including phenoxy) is 1. The van der Waals surface area contributed by atoms with Crippen molar-refractivity contribution in [3.05, 3.63) is 90.5 Å². The largest absolute Gasteiger partial charge is 0.380 e. The van der Waals surface area contributed by atoms with Crippen LogP contribution in [-0.4, -0.2) is 17.6 Å². The summed E-state index contributed by atoms with van der Waals surface area (Å²) in [6, 6.07) is 28.1. The third kappa shape index (κ3) is 3.68. The van der Waals surface area contributed by atoms with Crippen LogP contribution in [0.15, 0.2) is 84.9 Å². The van der Waals surface area contributed by atoms with Gasteiger partial charge in [0.25, 0.3) is 0 Å². The van der Waals surface area contributed by atoms with Crippen LogP contribution in [0.2, 0.25) is 0 Å². The summed E-state index contributed by atoms with van der Waals surface area (Å²) in [5.74, 6) is -0.0675. The molecule has 0 radical (unpaired) electrons. The molecule has 4 nitrogen and oxygen atoms in total. The zero-order valence-electron chi connectivity index (χ0n) is 15.8. The molecule has 0 aliphatic heterocycles. The number of methoxy groups -OCH3 is 1. The molecule has 0 aliphatic carbocycles. The van der Waals surface area contributed by atoms with E-state index in [1.807, 2.05) is 60.7 Å². The van der Waals surface area contributed by atoms with E-state index in [1.165, 1.54) is 0 Å². The van der Waals surface area contributed by atoms with Gasteiger partial charge in [0.15, 0.2) is 0 Å². The first kappa shape index (κ1) is 18.0. The smallest absolute Gasteiger partial charge is 0.244 e. The Morgan fingerprint density at radius 3 is 2.46 bits per heavy atom. The van der Waals surface area contributed by atoms with Crippen molar-refractivity contribution < 1.29 is 9.53 Å². The first-order valence-corrected chi connectivity index (χ1v) is 9.26. The van der Waals surface area contributed by atoms with E-state index >= 15 is 0 Å². The number of nitrogens with zero attached hydrogens (tertiary/aromatic N) is 1. The van der Waals surface area contributed by atoms with Crippen LogP contribution in [0.1, 0.15) is 5.56 Å². The summed E-state index contributed by atoms with van der Waals surface area (Å²) >= 11 is 0. The number of aromatic nitrogens is 1. The lowest BCUT2D eigenvalue weighted by atomic mass is 10.1. The van der Waals surface area contributed by atoms with Gasteiger partial charge < -0.3 is 14.6 Å². The first-order chi connectivity index (χ1) is 13.8. The minimum atomic E-state index is -0.0675. The van der Waals surface area contributed by atoms with Gasteiger partial charge in [-0.15, -0.1) is 0 Å². The van der Waals surface area contributed by atoms with Crippen LogP contribution in [0.5, 0.6) is 0 Å². The lowest BCUT2D eigenvalue weighted by Crippen LogP contribution is -2.20. The van der Waals surface area contributed by atoms with Crippen molar-refractivity contribution in [2.24, 2.45) is 0 Å². The molecule has 28 heavy (non-hydrogen) atoms. The summed E-state index contributed by atoms with van der Waals surface area (Å²) in [4.78, 5) is 12.9. The van der Waals surface area contributed by atoms with Crippen LogP contribution in [0, 0.1) is 0 Å². The number of hydrogen-bond acceptors (Lipinski definition) is 2. The van der Waals surface area contributed by atoms with Crippen molar-refractivity contribution >= 4 is 22.5 Å². The van der Waals surface area contributed by atoms with Gasteiger partial charge in [-0.2, -0.15) is 0 Å². The molecule has 0 spiro atoms. The summed E-state index contributed by atoms with van der Waals surface area (Å²) in [5, 5.41) is 4.16. The predicted octanol–water partition coefficient (Wildman–Crippen LogP) is 5.09. The lowest BCUT2D eigenvalue weighted by molar-refractivity contribution is -0.116. The lowest BCUT2D eigenvalue weighted by Gasteiger charge is -2.13. The molecule has 4 rings (SSSR count). The Morgan fingerprint density at radius 1 is 0.929 bits per heavy atom. The zero-order chi connectivity index (χ0) is 19.3. The van der Waals surface area contributed by atoms with Crippen molar-refractivity contribution in [1.82, 2.24) is 4.57 Å². The second kappa shape index (κ2) is 8.11. The molecule has 1 N–H and O–H groups in total. The molecule has 0 aliphatic rings. The van der Waals surface area contributed by atoms with E-state index in [1.54, 1.807) is 7.11 Å². The number of rotatable bonds is 6. The molecule has 140 valence electrons. The average Bonchev–Trinajstić information content (AvgIpc) is 3.09. The number of carbonyl (C=O) groups excluding carboxylic acids is 1. The van der Waals surface area contributed by atoms with Gasteiger partial charge in [-0.1, -0.05) is 66.7 Å². The molecule has 1 amide bonds. The van der Waals surface area contributed by atoms with Crippen LogP contribution in [0.3, 0.4) is 0 Å². The molecule has 4 heteroatoms. The van der Waals surface area contributed by atoms with E-state index in [9.17, 15) is 4.79 Å². The number of fused-ring (bicyclic) bond motifs is 1. The first-order valence-electron chi connectivity index (χ1n) is 9.26. The molecule has 1 aromatic heterocycles. The maximum absolute atomic E-state index is 12.9. The Labute approximate surface area is 164 Å². The summed E-state index contributed by atoms with van der Waals surface area (Å²) in [5.41, 5.74) is 4.90. The van der Waals surface area contributed by atoms with Gasteiger partial charge in [-0.05, 0) is 23.8 Å². The summed E-state index contributed by atoms with van der Waals surface area (Å²) < 4.78 is 7.30. The molecule has 4 aromatic rings. The third-order valence-corrected chi connectivity index (χ3v) is 4.77. The maximum atomic E-state index is 12.9. The highest BCUT2D eigenvalue weighted by molar-refractivity contribution is 5.94. The van der Waals surface area contributed by atoms with Crippen LogP contribution < -0.4 is 5.32 Å². The Kier molecular flexibility index (Phi) is 5.22. The Morgan fingerprint density at radius 2 is 1.64 bits per heavy atom. The highest BCUT2D eigenvalue weighted by Gasteiger charge is 2.14. The molecule has 0 fully saturated rings. The number of anilines is 1. The number of amides is 1. The average molecular weight is 370 g/mol. The van der Waals surface area contributed by atoms with Crippen molar-refractivity contribution in [2.75, 3.05) is 12.4 Å². The van der Waals surface area contributed by atoms with Crippen LogP contribution in [-0.2, 0) is 22.7 Å². The molecule has 0 saturated carbocycles. The van der Waals surface area contributed by atoms with Crippen LogP contribution >= 0.6 is 0 Å². The highest BCUT2D eigenvalue weighted by atomic mass is 16.5. The number of hydrogen-bond donors (Lipinski definition) is 1. The molecule has 0 bridgehead atoms. The Balaban J connectivity index is 1.67. The van der Waals surface area contributed by atoms with E-state index in [0.29, 0.717) is 6.61 Å². The normalized spacial score (nSPS) is 10.9. The monoisotopic (exact) mass is 370 g/mol. The number of para-hydroxylation sites is 2. The molecular weight excluding hydrogens is 348 g/mol. The zero-order valence-corrected chi connectivity index (χ0v) is 15.8. The summed E-state index contributed by atoms with van der Waals surface area (Å²) in [6.45, 7) is 0.692. The van der Waals surface area contributed by atoms with Gasteiger partial charge >= 0.3 is 0 Å². The van der Waals surface area contributed by atoms with Gasteiger partial charge in [0.2, 0.25) is 5.91 Å². The van der Waals surface area contributed by atoms with Crippen molar-refractivity contribution in [1.29, 1.82) is 0 Å². The fourth-order valence-corrected chi connectivity index (χ4v) is 3.49. The van der Waals surface area contributed by atoms with Gasteiger partial charge in [0.05, 0.1) is 6.61 Å². The van der Waals surface area contributed by atoms with Crippen LogP contribution in [0.4, 0.5) is 5.69 Å². The molecule has 1 heterocycles. The number of carbonyl (C=O) groups is 1. The third-order valence-electron chi connectivity index (χ3n) is 4.77. The van der Waals surface area contributed by atoms with Crippen molar-refractivity contribution in [3.8, 4) is 11.3 Å². The van der Waals surface area contributed by atoms with Crippen molar-refractivity contribution in [3.63, 3.8) is 0 Å². The predicted molar refractivity (Wildman–Crippen MR) is 113 cm³/mol. The van der Waals surface area contributed by atoms with E-state index in [2.05, 4.69) is 34.1 Å². The maximum Gasteiger partial charge on any atom is 0.244 e. The molecule has 0 saturated heterocycles. The molecule has 0 unspecified atom stereocenters. The molecule has 0 atom stereocenters. The summed E-state index contributed by atoms with van der Waals surface area (Å²) in [7, 11) is 1.65. The summed E-state index contributed by atoms with van der Waals surface area (Å²) in [6.07, 6.45) is 0. The highest BCUT2D eigenvalue weighted by Crippen LogP contribution is 2.28. The number of nitrogens with one attached hydrogen (secondary N) is 1. The standard InChI is InChI=1S/C24H22N2O2/c1-28-17-20-12-5-7-13-21(20)25-24(27)16-26-22-14-8-6-11-19(22)15-23(26)18-9-3-2-4-10-18/h2-15H,16-17H2,1H3,(H,25,27). The van der Waals surface area contributed by atoms with Gasteiger partial charge in [-0.3, -0.25) is 4.79 Å². The van der Waals surface area contributed by atoms with Gasteiger partial charge in [0, 0.05) is 35.0 Å². The quantitative estimate of drug-likeness (QED) is 0.513. The molecule has 3 aromatic carbocycles. The number of benzene rings is 3. The molecular formula is C24H22N2O2. The minimum Gasteiger partial charge on any atom is -0.380 e. The minimum absolute atomic E-state index is 0.0675. The van der Waals surface area contributed by atoms with Crippen molar-refractivity contribution in [2.45, 2.75) is 13.2 Å². The van der Waals surface area contributed by atoms with Gasteiger partial charge in [0.1, 0.15) is 6.54 Å². The SMILES string of the molecule is COCc1ccccc1NC(=O)Cn1c(-c2ccccc2)cc2ccccc21. The van der Waals surface area contributed by atoms with E-state index < -0.39 is 0 Å². The topological polar surface area (TPSA) is 43.3 Å². The second-order valence-corrected chi connectivity index (χ2v) is 6.68. The Hall–Kier alpha value is -3.37.